The average Bonchev–Trinajstić information content (AvgIpc) is 2.74. The zero-order valence-electron chi connectivity index (χ0n) is 19.8. The summed E-state index contributed by atoms with van der Waals surface area (Å²) >= 11 is 0. The van der Waals surface area contributed by atoms with Gasteiger partial charge >= 0.3 is 0 Å². The Labute approximate surface area is 186 Å². The monoisotopic (exact) mass is 434 g/mol. The molecule has 0 radical (unpaired) electrons. The first-order valence-corrected chi connectivity index (χ1v) is 10.7. The number of benzene rings is 1. The molecule has 0 spiro atoms. The minimum atomic E-state index is -0.236. The van der Waals surface area contributed by atoms with Crippen LogP contribution in [0.4, 0.5) is 0 Å². The van der Waals surface area contributed by atoms with Gasteiger partial charge in [0, 0.05) is 25.0 Å². The third kappa shape index (κ3) is 8.75. The normalized spacial score (nSPS) is 12.4. The molecular weight excluding hydrogens is 396 g/mol. The summed E-state index contributed by atoms with van der Waals surface area (Å²) in [5, 5.41) is 20.1. The minimum Gasteiger partial charge on any atom is -0.504 e. The van der Waals surface area contributed by atoms with E-state index in [0.717, 1.165) is 19.3 Å². The van der Waals surface area contributed by atoms with Crippen LogP contribution in [0.5, 0.6) is 17.2 Å². The molecular formula is C25H38O6. The lowest BCUT2D eigenvalue weighted by atomic mass is 10.0. The molecule has 0 saturated carbocycles. The highest BCUT2D eigenvalue weighted by Gasteiger charge is 2.19. The number of carbonyl (C=O) groups is 1. The summed E-state index contributed by atoms with van der Waals surface area (Å²) in [5.41, 5.74) is 3.43. The highest BCUT2D eigenvalue weighted by atomic mass is 16.5. The highest BCUT2D eigenvalue weighted by Crippen LogP contribution is 2.41. The van der Waals surface area contributed by atoms with Gasteiger partial charge in [0.25, 0.3) is 0 Å². The molecule has 0 bridgehead atoms. The van der Waals surface area contributed by atoms with Crippen LogP contribution in [0.1, 0.15) is 64.5 Å². The topological polar surface area (TPSA) is 85.2 Å². The number of Topliss-reactive ketones (excluding diaryl/α,β-unsaturated/α-hetero) is 1. The maximum atomic E-state index is 11.7. The number of phenols is 1. The van der Waals surface area contributed by atoms with E-state index in [4.69, 9.17) is 14.2 Å². The predicted octanol–water partition coefficient (Wildman–Crippen LogP) is 5.10. The van der Waals surface area contributed by atoms with Crippen LogP contribution >= 0.6 is 0 Å². The number of rotatable bonds is 14. The third-order valence-electron chi connectivity index (χ3n) is 5.20. The molecule has 2 N–H and O–H groups in total. The van der Waals surface area contributed by atoms with E-state index in [0.29, 0.717) is 29.1 Å². The number of methoxy groups -OCH3 is 2. The maximum Gasteiger partial charge on any atom is 0.204 e. The van der Waals surface area contributed by atoms with Crippen molar-refractivity contribution in [1.29, 1.82) is 0 Å². The van der Waals surface area contributed by atoms with E-state index in [-0.39, 0.29) is 37.2 Å². The van der Waals surface area contributed by atoms with Gasteiger partial charge in [-0.25, -0.2) is 0 Å². The molecule has 0 aromatic heterocycles. The van der Waals surface area contributed by atoms with Crippen molar-refractivity contribution in [2.75, 3.05) is 20.8 Å². The van der Waals surface area contributed by atoms with Crippen LogP contribution in [-0.4, -0.2) is 36.8 Å². The van der Waals surface area contributed by atoms with Crippen LogP contribution in [0.2, 0.25) is 0 Å². The van der Waals surface area contributed by atoms with Gasteiger partial charge < -0.3 is 24.4 Å². The van der Waals surface area contributed by atoms with Crippen LogP contribution in [0.3, 0.4) is 0 Å². The molecule has 0 atom stereocenters. The summed E-state index contributed by atoms with van der Waals surface area (Å²) in [4.78, 5) is 11.7. The maximum absolute atomic E-state index is 11.7. The molecule has 0 amide bonds. The number of carbonyl (C=O) groups excluding carboxylic acids is 1. The first-order chi connectivity index (χ1) is 14.7. The number of ether oxygens (including phenoxy) is 3. The second kappa shape index (κ2) is 13.9. The number of phenolic OH excluding ortho intramolecular Hbond substituents is 1. The Bertz CT molecular complexity index is 777. The van der Waals surface area contributed by atoms with E-state index in [1.54, 1.807) is 6.07 Å². The number of aromatic hydroxyl groups is 1. The van der Waals surface area contributed by atoms with Gasteiger partial charge in [0.1, 0.15) is 12.4 Å². The van der Waals surface area contributed by atoms with Gasteiger partial charge in [0.05, 0.1) is 20.3 Å². The molecule has 1 aromatic carbocycles. The van der Waals surface area contributed by atoms with Gasteiger partial charge in [-0.3, -0.25) is 4.79 Å². The van der Waals surface area contributed by atoms with Crippen molar-refractivity contribution in [3.8, 4) is 17.2 Å². The predicted molar refractivity (Wildman–Crippen MR) is 123 cm³/mol. The Morgan fingerprint density at radius 2 is 1.77 bits per heavy atom. The molecule has 174 valence electrons. The quantitative estimate of drug-likeness (QED) is 0.397. The van der Waals surface area contributed by atoms with E-state index < -0.39 is 0 Å². The molecule has 6 nitrogen and oxygen atoms in total. The summed E-state index contributed by atoms with van der Waals surface area (Å²) < 4.78 is 16.2. The highest BCUT2D eigenvalue weighted by molar-refractivity contribution is 5.80. The Balaban J connectivity index is 2.68. The number of allylic oxidation sites excluding steroid dienone is 3. The van der Waals surface area contributed by atoms with Gasteiger partial charge in [-0.1, -0.05) is 31.1 Å². The third-order valence-corrected chi connectivity index (χ3v) is 5.20. The van der Waals surface area contributed by atoms with Gasteiger partial charge in [-0.2, -0.15) is 0 Å². The van der Waals surface area contributed by atoms with Crippen molar-refractivity contribution in [2.24, 2.45) is 5.92 Å². The molecule has 0 aliphatic carbocycles. The van der Waals surface area contributed by atoms with E-state index in [1.165, 1.54) is 25.4 Å². The lowest BCUT2D eigenvalue weighted by Gasteiger charge is -2.17. The lowest BCUT2D eigenvalue weighted by Crippen LogP contribution is -2.06. The Morgan fingerprint density at radius 3 is 2.35 bits per heavy atom. The van der Waals surface area contributed by atoms with Crippen LogP contribution in [0, 0.1) is 5.92 Å². The smallest absolute Gasteiger partial charge is 0.204 e. The van der Waals surface area contributed by atoms with Crippen molar-refractivity contribution in [2.45, 2.75) is 66.6 Å². The Morgan fingerprint density at radius 1 is 1.10 bits per heavy atom. The first kappa shape index (κ1) is 26.7. The average molecular weight is 435 g/mol. The second-order valence-electron chi connectivity index (χ2n) is 8.06. The molecule has 0 saturated heterocycles. The second-order valence-corrected chi connectivity index (χ2v) is 8.06. The molecule has 1 aromatic rings. The van der Waals surface area contributed by atoms with E-state index in [9.17, 15) is 15.0 Å². The fourth-order valence-corrected chi connectivity index (χ4v) is 3.08. The van der Waals surface area contributed by atoms with Gasteiger partial charge in [0.2, 0.25) is 5.75 Å². The van der Waals surface area contributed by atoms with Crippen molar-refractivity contribution < 1.29 is 29.2 Å². The Kier molecular flexibility index (Phi) is 12.0. The SMILES string of the molecule is COCc1c(CO)cc(OC)c(OCC=C(C)CCC=C(C)CCC(=O)C(C)C)c1O. The largest absolute Gasteiger partial charge is 0.504 e. The standard InChI is InChI=1S/C25H38O6/c1-17(2)22(27)11-10-18(3)8-7-9-19(4)12-13-31-25-23(30-6)14-20(15-26)21(16-29-5)24(25)28/h8,12,14,17,26,28H,7,9-11,13,15-16H2,1-6H3. The molecule has 1 rings (SSSR count). The number of aliphatic hydroxyl groups excluding tert-OH is 1. The molecule has 0 aliphatic heterocycles. The number of ketones is 1. The molecule has 0 heterocycles. The van der Waals surface area contributed by atoms with Crippen LogP contribution in [-0.2, 0) is 22.7 Å². The summed E-state index contributed by atoms with van der Waals surface area (Å²) in [5.74, 6) is 0.927. The first-order valence-electron chi connectivity index (χ1n) is 10.7. The van der Waals surface area contributed by atoms with Crippen molar-refractivity contribution in [3.63, 3.8) is 0 Å². The van der Waals surface area contributed by atoms with Crippen molar-refractivity contribution in [3.05, 3.63) is 40.5 Å². The summed E-state index contributed by atoms with van der Waals surface area (Å²) in [7, 11) is 3.01. The van der Waals surface area contributed by atoms with Crippen LogP contribution < -0.4 is 9.47 Å². The van der Waals surface area contributed by atoms with E-state index in [1.807, 2.05) is 26.8 Å². The molecule has 0 fully saturated rings. The molecule has 0 unspecified atom stereocenters. The van der Waals surface area contributed by atoms with E-state index >= 15 is 0 Å². The van der Waals surface area contributed by atoms with E-state index in [2.05, 4.69) is 13.0 Å². The van der Waals surface area contributed by atoms with Crippen LogP contribution in [0.25, 0.3) is 0 Å². The summed E-state index contributed by atoms with van der Waals surface area (Å²) in [6, 6.07) is 1.65. The number of aliphatic hydroxyl groups is 1. The summed E-state index contributed by atoms with van der Waals surface area (Å²) in [6.45, 7) is 8.19. The fourth-order valence-electron chi connectivity index (χ4n) is 3.08. The van der Waals surface area contributed by atoms with Crippen molar-refractivity contribution in [1.82, 2.24) is 0 Å². The Hall–Kier alpha value is -2.31. The fraction of sp³-hybridized carbons (Fsp3) is 0.560. The zero-order valence-corrected chi connectivity index (χ0v) is 19.8. The van der Waals surface area contributed by atoms with Gasteiger partial charge in [-0.05, 0) is 50.8 Å². The summed E-state index contributed by atoms with van der Waals surface area (Å²) in [6.07, 6.45) is 7.37. The number of hydrogen-bond donors (Lipinski definition) is 2. The molecule has 31 heavy (non-hydrogen) atoms. The lowest BCUT2D eigenvalue weighted by molar-refractivity contribution is -0.121. The van der Waals surface area contributed by atoms with Crippen LogP contribution in [0.15, 0.2) is 29.4 Å². The van der Waals surface area contributed by atoms with Gasteiger partial charge in [0.15, 0.2) is 11.5 Å². The minimum absolute atomic E-state index is 0.0780. The number of hydrogen-bond acceptors (Lipinski definition) is 6. The zero-order chi connectivity index (χ0) is 23.4. The molecule has 0 aliphatic rings. The van der Waals surface area contributed by atoms with Crippen molar-refractivity contribution >= 4 is 5.78 Å². The molecule has 6 heteroatoms. The van der Waals surface area contributed by atoms with Gasteiger partial charge in [-0.15, -0.1) is 0 Å².